The molecule has 1 heterocycles. The first-order chi connectivity index (χ1) is 17.3. The molecule has 7 heteroatoms. The second-order valence-corrected chi connectivity index (χ2v) is 10.6. The molecule has 0 aliphatic carbocycles. The van der Waals surface area contributed by atoms with Gasteiger partial charge in [-0.25, -0.2) is 9.37 Å². The van der Waals surface area contributed by atoms with Crippen LogP contribution in [0, 0.1) is 11.7 Å². The summed E-state index contributed by atoms with van der Waals surface area (Å²) in [5.41, 5.74) is 4.54. The van der Waals surface area contributed by atoms with E-state index in [-0.39, 0.29) is 12.2 Å². The molecule has 0 saturated heterocycles. The lowest BCUT2D eigenvalue weighted by Gasteiger charge is -2.21. The van der Waals surface area contributed by atoms with Crippen LogP contribution in [0.1, 0.15) is 30.7 Å². The van der Waals surface area contributed by atoms with Gasteiger partial charge in [0, 0.05) is 34.1 Å². The van der Waals surface area contributed by atoms with Crippen molar-refractivity contribution in [3.05, 3.63) is 94.1 Å². The molecule has 3 aromatic carbocycles. The molecule has 0 radical (unpaired) electrons. The molecule has 4 nitrogen and oxygen atoms in total. The number of anilines is 1. The third kappa shape index (κ3) is 6.50. The predicted octanol–water partition coefficient (Wildman–Crippen LogP) is 7.95. The topological polar surface area (TPSA) is 53.4 Å². The Kier molecular flexibility index (Phi) is 8.39. The van der Waals surface area contributed by atoms with Gasteiger partial charge in [0.25, 0.3) is 0 Å². The lowest BCUT2D eigenvalue weighted by Crippen LogP contribution is -2.25. The highest BCUT2D eigenvalue weighted by atomic mass is 35.5. The summed E-state index contributed by atoms with van der Waals surface area (Å²) < 4.78 is 13.4. The maximum Gasteiger partial charge on any atom is 0.305 e. The highest BCUT2D eigenvalue weighted by Crippen LogP contribution is 2.38. The summed E-state index contributed by atoms with van der Waals surface area (Å²) in [6.07, 6.45) is 0.877. The Bertz CT molecular complexity index is 1320. The number of hydrogen-bond donors (Lipinski definition) is 1. The average molecular weight is 523 g/mol. The Balaban J connectivity index is 1.71. The summed E-state index contributed by atoms with van der Waals surface area (Å²) in [4.78, 5) is 19.5. The van der Waals surface area contributed by atoms with E-state index in [2.05, 4.69) is 13.8 Å². The van der Waals surface area contributed by atoms with Crippen LogP contribution in [0.15, 0.2) is 72.8 Å². The first-order valence-electron chi connectivity index (χ1n) is 11.9. The van der Waals surface area contributed by atoms with E-state index < -0.39 is 5.97 Å². The van der Waals surface area contributed by atoms with Crippen LogP contribution in [0.4, 0.5) is 9.52 Å². The predicted molar refractivity (Wildman–Crippen MR) is 146 cm³/mol. The summed E-state index contributed by atoms with van der Waals surface area (Å²) in [5, 5.41) is 10.7. The van der Waals surface area contributed by atoms with Crippen molar-refractivity contribution in [3.8, 4) is 22.4 Å². The van der Waals surface area contributed by atoms with Gasteiger partial charge in [-0.3, -0.25) is 4.79 Å². The standard InChI is InChI=1S/C29H28ClFN2O2S/c1-19(2)16-26-28(22-10-13-24(25(30)17-22)21-8-11-23(31)12-9-21)32-29(36-26)33(15-14-27(34)35)18-20-6-4-3-5-7-20/h3-13,17,19H,14-16,18H2,1-2H3,(H,34,35). The number of benzene rings is 3. The smallest absolute Gasteiger partial charge is 0.305 e. The quantitative estimate of drug-likeness (QED) is 0.229. The van der Waals surface area contributed by atoms with Crippen LogP contribution in [0.25, 0.3) is 22.4 Å². The van der Waals surface area contributed by atoms with Crippen LogP contribution in [0.2, 0.25) is 5.02 Å². The Labute approximate surface area is 220 Å². The van der Waals surface area contributed by atoms with Gasteiger partial charge in [0.15, 0.2) is 5.13 Å². The second kappa shape index (κ2) is 11.7. The normalized spacial score (nSPS) is 11.1. The average Bonchev–Trinajstić information content (AvgIpc) is 3.26. The minimum Gasteiger partial charge on any atom is -0.481 e. The number of halogens is 2. The van der Waals surface area contributed by atoms with Crippen LogP contribution in [0.3, 0.4) is 0 Å². The Morgan fingerprint density at radius 1 is 1.06 bits per heavy atom. The van der Waals surface area contributed by atoms with Crippen LogP contribution in [-0.2, 0) is 17.8 Å². The Hall–Kier alpha value is -3.22. The second-order valence-electron chi connectivity index (χ2n) is 9.12. The molecular formula is C29H28ClFN2O2S. The SMILES string of the molecule is CC(C)Cc1sc(N(CCC(=O)O)Cc2ccccc2)nc1-c1ccc(-c2ccc(F)cc2)c(Cl)c1. The molecular weight excluding hydrogens is 495 g/mol. The Morgan fingerprint density at radius 2 is 1.75 bits per heavy atom. The third-order valence-electron chi connectivity index (χ3n) is 5.76. The summed E-state index contributed by atoms with van der Waals surface area (Å²) >= 11 is 8.29. The number of aliphatic carboxylic acids is 1. The van der Waals surface area contributed by atoms with Gasteiger partial charge in [-0.2, -0.15) is 0 Å². The first-order valence-corrected chi connectivity index (χ1v) is 13.1. The fourth-order valence-electron chi connectivity index (χ4n) is 4.01. The molecule has 0 aliphatic rings. The molecule has 0 spiro atoms. The zero-order valence-corrected chi connectivity index (χ0v) is 21.8. The molecule has 0 unspecified atom stereocenters. The number of carbonyl (C=O) groups is 1. The fourth-order valence-corrected chi connectivity index (χ4v) is 5.62. The fraction of sp³-hybridized carbons (Fsp3) is 0.241. The number of thiazole rings is 1. The van der Waals surface area contributed by atoms with E-state index in [0.29, 0.717) is 24.0 Å². The van der Waals surface area contributed by atoms with Gasteiger partial charge in [0.2, 0.25) is 0 Å². The van der Waals surface area contributed by atoms with Gasteiger partial charge in [-0.05, 0) is 41.7 Å². The highest BCUT2D eigenvalue weighted by molar-refractivity contribution is 7.16. The van der Waals surface area contributed by atoms with Gasteiger partial charge in [0.1, 0.15) is 5.82 Å². The van der Waals surface area contributed by atoms with Crippen molar-refractivity contribution in [3.63, 3.8) is 0 Å². The third-order valence-corrected chi connectivity index (χ3v) is 7.21. The molecule has 4 aromatic rings. The minimum atomic E-state index is -0.838. The molecule has 1 N–H and O–H groups in total. The summed E-state index contributed by atoms with van der Waals surface area (Å²) in [5.74, 6) is -0.703. The van der Waals surface area contributed by atoms with E-state index in [1.807, 2.05) is 53.4 Å². The number of rotatable bonds is 10. The minimum absolute atomic E-state index is 0.0272. The van der Waals surface area contributed by atoms with Crippen molar-refractivity contribution in [2.75, 3.05) is 11.4 Å². The number of carboxylic acid groups (broad SMARTS) is 1. The largest absolute Gasteiger partial charge is 0.481 e. The molecule has 0 atom stereocenters. The van der Waals surface area contributed by atoms with Gasteiger partial charge in [-0.1, -0.05) is 80.0 Å². The van der Waals surface area contributed by atoms with E-state index in [1.54, 1.807) is 23.5 Å². The number of nitrogens with zero attached hydrogens (tertiary/aromatic N) is 2. The molecule has 0 bridgehead atoms. The molecule has 0 saturated carbocycles. The van der Waals surface area contributed by atoms with Gasteiger partial charge in [-0.15, -0.1) is 11.3 Å². The highest BCUT2D eigenvalue weighted by Gasteiger charge is 2.20. The monoisotopic (exact) mass is 522 g/mol. The zero-order chi connectivity index (χ0) is 25.7. The van der Waals surface area contributed by atoms with Crippen molar-refractivity contribution >= 4 is 34.0 Å². The van der Waals surface area contributed by atoms with Crippen molar-refractivity contribution in [2.45, 2.75) is 33.2 Å². The van der Waals surface area contributed by atoms with Crippen molar-refractivity contribution in [2.24, 2.45) is 5.92 Å². The first kappa shape index (κ1) is 25.9. The zero-order valence-electron chi connectivity index (χ0n) is 20.2. The van der Waals surface area contributed by atoms with E-state index in [9.17, 15) is 14.3 Å². The summed E-state index contributed by atoms with van der Waals surface area (Å²) in [6.45, 7) is 5.27. The molecule has 186 valence electrons. The van der Waals surface area contributed by atoms with E-state index in [1.165, 1.54) is 12.1 Å². The maximum atomic E-state index is 13.4. The number of aromatic nitrogens is 1. The Morgan fingerprint density at radius 3 is 2.39 bits per heavy atom. The van der Waals surface area contributed by atoms with Crippen LogP contribution in [0.5, 0.6) is 0 Å². The molecule has 0 aliphatic heterocycles. The summed E-state index contributed by atoms with van der Waals surface area (Å²) in [6, 6.07) is 22.1. The number of hydrogen-bond acceptors (Lipinski definition) is 4. The van der Waals surface area contributed by atoms with Gasteiger partial charge >= 0.3 is 5.97 Å². The van der Waals surface area contributed by atoms with Gasteiger partial charge in [0.05, 0.1) is 12.1 Å². The molecule has 36 heavy (non-hydrogen) atoms. The van der Waals surface area contributed by atoms with Gasteiger partial charge < -0.3 is 10.0 Å². The maximum absolute atomic E-state index is 13.4. The molecule has 1 aromatic heterocycles. The van der Waals surface area contributed by atoms with E-state index in [4.69, 9.17) is 16.6 Å². The van der Waals surface area contributed by atoms with Crippen LogP contribution >= 0.6 is 22.9 Å². The molecule has 0 fully saturated rings. The van der Waals surface area contributed by atoms with Crippen molar-refractivity contribution < 1.29 is 14.3 Å². The number of carboxylic acids is 1. The van der Waals surface area contributed by atoms with Crippen molar-refractivity contribution in [1.82, 2.24) is 4.98 Å². The molecule has 4 rings (SSSR count). The summed E-state index contributed by atoms with van der Waals surface area (Å²) in [7, 11) is 0. The van der Waals surface area contributed by atoms with E-state index >= 15 is 0 Å². The lowest BCUT2D eigenvalue weighted by molar-refractivity contribution is -0.136. The van der Waals surface area contributed by atoms with Crippen LogP contribution < -0.4 is 4.90 Å². The van der Waals surface area contributed by atoms with E-state index in [0.717, 1.165) is 44.4 Å². The lowest BCUT2D eigenvalue weighted by atomic mass is 10.0. The van der Waals surface area contributed by atoms with Crippen LogP contribution in [-0.4, -0.2) is 22.6 Å². The molecule has 0 amide bonds. The van der Waals surface area contributed by atoms with Crippen molar-refractivity contribution in [1.29, 1.82) is 0 Å².